The van der Waals surface area contributed by atoms with Gasteiger partial charge in [0.1, 0.15) is 6.10 Å². The molecular formula is C14H13NO4S. The van der Waals surface area contributed by atoms with Crippen LogP contribution >= 0.6 is 0 Å². The zero-order valence-electron chi connectivity index (χ0n) is 10.4. The zero-order chi connectivity index (χ0) is 14.3. The summed E-state index contributed by atoms with van der Waals surface area (Å²) < 4.78 is 26.1. The van der Waals surface area contributed by atoms with Crippen molar-refractivity contribution >= 4 is 15.7 Å². The van der Waals surface area contributed by atoms with Crippen LogP contribution in [-0.2, 0) is 10.0 Å². The van der Waals surface area contributed by atoms with Crippen molar-refractivity contribution in [2.75, 3.05) is 4.31 Å². The number of sulfonamides is 1. The Hall–Kier alpha value is -1.89. The van der Waals surface area contributed by atoms with Crippen molar-refractivity contribution < 1.29 is 18.6 Å². The molecule has 2 aromatic rings. The van der Waals surface area contributed by atoms with Crippen LogP contribution in [0.1, 0.15) is 11.7 Å². The maximum Gasteiger partial charge on any atom is 0.266 e. The molecule has 6 heteroatoms. The summed E-state index contributed by atoms with van der Waals surface area (Å²) in [5.74, 6) is 0. The smallest absolute Gasteiger partial charge is 0.266 e. The number of aliphatic hydroxyl groups excluding tert-OH is 2. The summed E-state index contributed by atoms with van der Waals surface area (Å²) in [7, 11) is -3.91. The summed E-state index contributed by atoms with van der Waals surface area (Å²) in [6.45, 7) is 0. The molecule has 0 bridgehead atoms. The van der Waals surface area contributed by atoms with E-state index >= 15 is 0 Å². The maximum absolute atomic E-state index is 12.6. The highest BCUT2D eigenvalue weighted by Crippen LogP contribution is 2.41. The molecule has 0 unspecified atom stereocenters. The average Bonchev–Trinajstić information content (AvgIpc) is 2.73. The summed E-state index contributed by atoms with van der Waals surface area (Å²) >= 11 is 0. The lowest BCUT2D eigenvalue weighted by Gasteiger charge is -2.24. The normalized spacial score (nSPS) is 21.8. The second-order valence-corrected chi connectivity index (χ2v) is 6.35. The van der Waals surface area contributed by atoms with Crippen molar-refractivity contribution in [2.24, 2.45) is 0 Å². The minimum absolute atomic E-state index is 0.0722. The quantitative estimate of drug-likeness (QED) is 0.873. The first-order chi connectivity index (χ1) is 9.53. The van der Waals surface area contributed by atoms with Crippen molar-refractivity contribution in [2.45, 2.75) is 17.2 Å². The average molecular weight is 291 g/mol. The fourth-order valence-corrected chi connectivity index (χ4v) is 3.90. The lowest BCUT2D eigenvalue weighted by Crippen LogP contribution is -2.39. The van der Waals surface area contributed by atoms with Gasteiger partial charge in [-0.25, -0.2) is 12.7 Å². The molecule has 104 valence electrons. The molecular weight excluding hydrogens is 278 g/mol. The number of nitrogens with zero attached hydrogens (tertiary/aromatic N) is 1. The molecule has 2 aromatic carbocycles. The van der Waals surface area contributed by atoms with Crippen LogP contribution < -0.4 is 4.31 Å². The van der Waals surface area contributed by atoms with Gasteiger partial charge in [-0.1, -0.05) is 36.4 Å². The van der Waals surface area contributed by atoms with E-state index in [1.165, 1.54) is 12.1 Å². The minimum Gasteiger partial charge on any atom is -0.384 e. The zero-order valence-corrected chi connectivity index (χ0v) is 11.2. The Morgan fingerprint density at radius 3 is 2.20 bits per heavy atom. The number of aliphatic hydroxyl groups is 2. The summed E-state index contributed by atoms with van der Waals surface area (Å²) in [5.41, 5.74) is 0.704. The number of para-hydroxylation sites is 1. The molecule has 0 aliphatic carbocycles. The molecule has 20 heavy (non-hydrogen) atoms. The van der Waals surface area contributed by atoms with Gasteiger partial charge in [-0.15, -0.1) is 0 Å². The van der Waals surface area contributed by atoms with Crippen molar-refractivity contribution in [3.05, 3.63) is 60.2 Å². The van der Waals surface area contributed by atoms with E-state index in [9.17, 15) is 18.6 Å². The molecule has 0 radical (unpaired) electrons. The monoisotopic (exact) mass is 291 g/mol. The van der Waals surface area contributed by atoms with Gasteiger partial charge in [0.05, 0.1) is 10.6 Å². The van der Waals surface area contributed by atoms with Gasteiger partial charge in [0, 0.05) is 5.56 Å². The molecule has 0 saturated carbocycles. The first-order valence-corrected chi connectivity index (χ1v) is 7.52. The van der Waals surface area contributed by atoms with E-state index in [1.54, 1.807) is 42.5 Å². The summed E-state index contributed by atoms with van der Waals surface area (Å²) in [4.78, 5) is 0.0722. The highest BCUT2D eigenvalue weighted by Gasteiger charge is 2.43. The van der Waals surface area contributed by atoms with Gasteiger partial charge in [-0.2, -0.15) is 0 Å². The summed E-state index contributed by atoms with van der Waals surface area (Å²) in [6.07, 6.45) is -2.76. The predicted molar refractivity (Wildman–Crippen MR) is 73.5 cm³/mol. The summed E-state index contributed by atoms with van der Waals surface area (Å²) in [6, 6.07) is 14.4. The number of fused-ring (bicyclic) bond motifs is 1. The molecule has 2 N–H and O–H groups in total. The lowest BCUT2D eigenvalue weighted by atomic mass is 10.1. The first-order valence-electron chi connectivity index (χ1n) is 6.08. The molecule has 0 aromatic heterocycles. The molecule has 2 atom stereocenters. The standard InChI is InChI=1S/C14H13NO4S/c16-13-11-8-4-5-9-12(11)15(14(13)17)20(18,19)10-6-2-1-3-7-10/h1-9,13-14,16-17H/t13-,14-/m1/s1. The van der Waals surface area contributed by atoms with Crippen LogP contribution in [0.2, 0.25) is 0 Å². The highest BCUT2D eigenvalue weighted by molar-refractivity contribution is 7.92. The second kappa shape index (κ2) is 4.59. The van der Waals surface area contributed by atoms with E-state index < -0.39 is 22.4 Å². The van der Waals surface area contributed by atoms with Gasteiger partial charge in [-0.05, 0) is 18.2 Å². The van der Waals surface area contributed by atoms with Crippen LogP contribution in [0.4, 0.5) is 5.69 Å². The third-order valence-electron chi connectivity index (χ3n) is 3.32. The Bertz CT molecular complexity index is 730. The molecule has 1 aliphatic heterocycles. The Kier molecular flexibility index (Phi) is 3.01. The van der Waals surface area contributed by atoms with Crippen LogP contribution in [0.25, 0.3) is 0 Å². The molecule has 3 rings (SSSR count). The Morgan fingerprint density at radius 2 is 1.50 bits per heavy atom. The van der Waals surface area contributed by atoms with Crippen molar-refractivity contribution in [3.63, 3.8) is 0 Å². The van der Waals surface area contributed by atoms with Crippen molar-refractivity contribution in [3.8, 4) is 0 Å². The fraction of sp³-hybridized carbons (Fsp3) is 0.143. The lowest BCUT2D eigenvalue weighted by molar-refractivity contribution is 0.0375. The van der Waals surface area contributed by atoms with Crippen molar-refractivity contribution in [1.82, 2.24) is 0 Å². The molecule has 0 amide bonds. The van der Waals surface area contributed by atoms with E-state index in [1.807, 2.05) is 0 Å². The van der Waals surface area contributed by atoms with Gasteiger partial charge in [0.15, 0.2) is 6.23 Å². The van der Waals surface area contributed by atoms with E-state index in [0.717, 1.165) is 4.31 Å². The van der Waals surface area contributed by atoms with Crippen LogP contribution in [0, 0.1) is 0 Å². The van der Waals surface area contributed by atoms with Crippen LogP contribution in [0.3, 0.4) is 0 Å². The fourth-order valence-electron chi connectivity index (χ4n) is 2.35. The van der Waals surface area contributed by atoms with Gasteiger partial charge in [-0.3, -0.25) is 0 Å². The van der Waals surface area contributed by atoms with Crippen LogP contribution in [0.15, 0.2) is 59.5 Å². The SMILES string of the molecule is O=S(=O)(c1ccccc1)N1c2ccccc2[C@@H](O)[C@H]1O. The first kappa shape index (κ1) is 13.1. The Morgan fingerprint density at radius 1 is 0.900 bits per heavy atom. The number of benzene rings is 2. The molecule has 0 fully saturated rings. The predicted octanol–water partition coefficient (Wildman–Crippen LogP) is 1.25. The number of rotatable bonds is 2. The van der Waals surface area contributed by atoms with Gasteiger partial charge in [0.25, 0.3) is 10.0 Å². The Balaban J connectivity index is 2.16. The van der Waals surface area contributed by atoms with Gasteiger partial charge in [0.2, 0.25) is 0 Å². The minimum atomic E-state index is -3.91. The van der Waals surface area contributed by atoms with Gasteiger partial charge < -0.3 is 10.2 Å². The maximum atomic E-state index is 12.6. The largest absolute Gasteiger partial charge is 0.384 e. The Labute approximate surface area is 116 Å². The third-order valence-corrected chi connectivity index (χ3v) is 5.11. The molecule has 5 nitrogen and oxygen atoms in total. The van der Waals surface area contributed by atoms with E-state index in [2.05, 4.69) is 0 Å². The number of hydrogen-bond acceptors (Lipinski definition) is 4. The number of anilines is 1. The van der Waals surface area contributed by atoms with Crippen LogP contribution in [0.5, 0.6) is 0 Å². The van der Waals surface area contributed by atoms with E-state index in [4.69, 9.17) is 0 Å². The number of hydrogen-bond donors (Lipinski definition) is 2. The third kappa shape index (κ3) is 1.81. The molecule has 1 aliphatic rings. The van der Waals surface area contributed by atoms with Crippen LogP contribution in [-0.4, -0.2) is 24.9 Å². The molecule has 0 spiro atoms. The van der Waals surface area contributed by atoms with E-state index in [0.29, 0.717) is 11.3 Å². The highest BCUT2D eigenvalue weighted by atomic mass is 32.2. The van der Waals surface area contributed by atoms with Crippen molar-refractivity contribution in [1.29, 1.82) is 0 Å². The van der Waals surface area contributed by atoms with Gasteiger partial charge >= 0.3 is 0 Å². The van der Waals surface area contributed by atoms with E-state index in [-0.39, 0.29) is 4.90 Å². The molecule has 0 saturated heterocycles. The molecule has 1 heterocycles. The topological polar surface area (TPSA) is 77.8 Å². The summed E-state index contributed by atoms with van der Waals surface area (Å²) in [5, 5.41) is 20.0. The second-order valence-electron chi connectivity index (χ2n) is 4.53.